The fraction of sp³-hybridized carbons (Fsp3) is 0.385. The number of carbonyl (C=O) groups excluding carboxylic acids is 1. The van der Waals surface area contributed by atoms with Crippen LogP contribution >= 0.6 is 0 Å². The lowest BCUT2D eigenvalue weighted by atomic mass is 9.93. The molecule has 0 unspecified atom stereocenters. The summed E-state index contributed by atoms with van der Waals surface area (Å²) in [6, 6.07) is 0.0922. The number of nitrogens with zero attached hydrogens (tertiary/aromatic N) is 3. The van der Waals surface area contributed by atoms with E-state index in [1.54, 1.807) is 24.0 Å². The Morgan fingerprint density at radius 3 is 2.86 bits per heavy atom. The van der Waals surface area contributed by atoms with E-state index in [0.29, 0.717) is 5.82 Å². The molecule has 1 amide bonds. The maximum absolute atomic E-state index is 12.1. The quantitative estimate of drug-likeness (QED) is 0.745. The highest BCUT2D eigenvalue weighted by Crippen LogP contribution is 2.20. The van der Waals surface area contributed by atoms with Gasteiger partial charge >= 0.3 is 0 Å². The number of hydrogen-bond acceptors (Lipinski definition) is 5. The average Bonchev–Trinajstić information content (AvgIpc) is 2.83. The molecule has 2 heterocycles. The molecule has 1 aliphatic rings. The van der Waals surface area contributed by atoms with Crippen LogP contribution in [-0.4, -0.2) is 36.6 Å². The Labute approximate surface area is 119 Å². The summed E-state index contributed by atoms with van der Waals surface area (Å²) in [5.74, 6) is -0.669. The van der Waals surface area contributed by atoms with E-state index in [4.69, 9.17) is 0 Å². The molecule has 1 fully saturated rings. The van der Waals surface area contributed by atoms with E-state index in [-0.39, 0.29) is 17.6 Å². The fourth-order valence-electron chi connectivity index (χ4n) is 2.13. The number of imidazole rings is 1. The maximum atomic E-state index is 12.1. The Bertz CT molecular complexity index is 745. The predicted molar refractivity (Wildman–Crippen MR) is 73.8 cm³/mol. The zero-order valence-corrected chi connectivity index (χ0v) is 11.5. The highest BCUT2D eigenvalue weighted by atomic mass is 16.3. The Balaban J connectivity index is 1.99. The highest BCUT2D eigenvalue weighted by Gasteiger charge is 2.24. The normalized spacial score (nSPS) is 14.7. The Morgan fingerprint density at radius 2 is 2.29 bits per heavy atom. The SMILES string of the molecule is Cn1ccnc1-c1nc(C(=O)NC2CCC2)c(O)c(=O)[nH]1. The molecular formula is C13H15N5O3. The van der Waals surface area contributed by atoms with Gasteiger partial charge in [-0.05, 0) is 19.3 Å². The summed E-state index contributed by atoms with van der Waals surface area (Å²) >= 11 is 0. The van der Waals surface area contributed by atoms with E-state index in [2.05, 4.69) is 20.3 Å². The number of aromatic amines is 1. The van der Waals surface area contributed by atoms with Gasteiger partial charge < -0.3 is 20.0 Å². The number of carbonyl (C=O) groups is 1. The molecule has 8 nitrogen and oxygen atoms in total. The largest absolute Gasteiger partial charge is 0.501 e. The molecule has 1 saturated carbocycles. The molecule has 1 aliphatic carbocycles. The lowest BCUT2D eigenvalue weighted by Gasteiger charge is -2.26. The molecule has 0 bridgehead atoms. The molecule has 0 radical (unpaired) electrons. The zero-order chi connectivity index (χ0) is 15.0. The monoisotopic (exact) mass is 289 g/mol. The molecule has 110 valence electrons. The third kappa shape index (κ3) is 2.39. The number of nitrogens with one attached hydrogen (secondary N) is 2. The third-order valence-electron chi connectivity index (χ3n) is 3.58. The van der Waals surface area contributed by atoms with Crippen molar-refractivity contribution in [3.8, 4) is 17.4 Å². The summed E-state index contributed by atoms with van der Waals surface area (Å²) in [7, 11) is 1.74. The van der Waals surface area contributed by atoms with Crippen molar-refractivity contribution in [3.05, 3.63) is 28.4 Å². The fourth-order valence-corrected chi connectivity index (χ4v) is 2.13. The number of H-pyrrole nitrogens is 1. The van der Waals surface area contributed by atoms with E-state index >= 15 is 0 Å². The van der Waals surface area contributed by atoms with Gasteiger partial charge in [0.2, 0.25) is 5.75 Å². The van der Waals surface area contributed by atoms with Crippen molar-refractivity contribution in [1.82, 2.24) is 24.8 Å². The molecule has 0 aliphatic heterocycles. The molecule has 2 aromatic rings. The standard InChI is InChI=1S/C13H15N5O3/c1-18-6-5-14-11(18)10-16-8(9(19)13(21)17-10)12(20)15-7-3-2-4-7/h5-7,19H,2-4H2,1H3,(H,15,20)(H,16,17,21). The third-order valence-corrected chi connectivity index (χ3v) is 3.58. The van der Waals surface area contributed by atoms with Crippen molar-refractivity contribution in [2.45, 2.75) is 25.3 Å². The zero-order valence-electron chi connectivity index (χ0n) is 11.5. The minimum atomic E-state index is -0.762. The first-order chi connectivity index (χ1) is 10.1. The molecule has 21 heavy (non-hydrogen) atoms. The number of hydrogen-bond donors (Lipinski definition) is 3. The second-order valence-corrected chi connectivity index (χ2v) is 5.07. The van der Waals surface area contributed by atoms with Crippen LogP contribution < -0.4 is 10.9 Å². The van der Waals surface area contributed by atoms with E-state index < -0.39 is 17.2 Å². The first-order valence-corrected chi connectivity index (χ1v) is 6.68. The predicted octanol–water partition coefficient (Wildman–Crippen LogP) is 0.158. The van der Waals surface area contributed by atoms with Crippen LogP contribution in [0, 0.1) is 0 Å². The van der Waals surface area contributed by atoms with Gasteiger partial charge in [-0.2, -0.15) is 0 Å². The van der Waals surface area contributed by atoms with Crippen LogP contribution in [0.4, 0.5) is 0 Å². The van der Waals surface area contributed by atoms with Gasteiger partial charge in [0.25, 0.3) is 11.5 Å². The van der Waals surface area contributed by atoms with Gasteiger partial charge in [-0.1, -0.05) is 0 Å². The van der Waals surface area contributed by atoms with Crippen molar-refractivity contribution in [2.24, 2.45) is 7.05 Å². The first-order valence-electron chi connectivity index (χ1n) is 6.68. The van der Waals surface area contributed by atoms with Gasteiger partial charge in [0, 0.05) is 25.5 Å². The second kappa shape index (κ2) is 5.04. The van der Waals surface area contributed by atoms with Crippen LogP contribution in [0.2, 0.25) is 0 Å². The number of rotatable bonds is 3. The topological polar surface area (TPSA) is 113 Å². The molecule has 0 atom stereocenters. The molecule has 0 spiro atoms. The first kappa shape index (κ1) is 13.3. The summed E-state index contributed by atoms with van der Waals surface area (Å²) in [5, 5.41) is 12.5. The summed E-state index contributed by atoms with van der Waals surface area (Å²) < 4.78 is 1.66. The maximum Gasteiger partial charge on any atom is 0.294 e. The van der Waals surface area contributed by atoms with E-state index in [0.717, 1.165) is 19.3 Å². The van der Waals surface area contributed by atoms with E-state index in [1.165, 1.54) is 0 Å². The Kier molecular flexibility index (Phi) is 3.20. The van der Waals surface area contributed by atoms with E-state index in [9.17, 15) is 14.7 Å². The Morgan fingerprint density at radius 1 is 1.52 bits per heavy atom. The van der Waals surface area contributed by atoms with Crippen molar-refractivity contribution in [2.75, 3.05) is 0 Å². The van der Waals surface area contributed by atoms with Gasteiger partial charge in [0.15, 0.2) is 17.3 Å². The number of aromatic nitrogens is 4. The summed E-state index contributed by atoms with van der Waals surface area (Å²) in [4.78, 5) is 34.4. The van der Waals surface area contributed by atoms with Crippen molar-refractivity contribution in [1.29, 1.82) is 0 Å². The molecule has 3 N–H and O–H groups in total. The smallest absolute Gasteiger partial charge is 0.294 e. The van der Waals surface area contributed by atoms with Gasteiger partial charge in [0.05, 0.1) is 0 Å². The van der Waals surface area contributed by atoms with E-state index in [1.807, 2.05) is 0 Å². The molecule has 8 heteroatoms. The lowest BCUT2D eigenvalue weighted by molar-refractivity contribution is 0.0908. The van der Waals surface area contributed by atoms with Crippen molar-refractivity contribution < 1.29 is 9.90 Å². The minimum Gasteiger partial charge on any atom is -0.501 e. The number of amides is 1. The van der Waals surface area contributed by atoms with Gasteiger partial charge in [-0.15, -0.1) is 0 Å². The van der Waals surface area contributed by atoms with Crippen LogP contribution in [0.25, 0.3) is 11.6 Å². The van der Waals surface area contributed by atoms with Gasteiger partial charge in [-0.3, -0.25) is 9.59 Å². The second-order valence-electron chi connectivity index (χ2n) is 5.07. The van der Waals surface area contributed by atoms with Crippen LogP contribution in [0.15, 0.2) is 17.2 Å². The van der Waals surface area contributed by atoms with Crippen molar-refractivity contribution in [3.63, 3.8) is 0 Å². The highest BCUT2D eigenvalue weighted by molar-refractivity contribution is 5.95. The van der Waals surface area contributed by atoms with Crippen LogP contribution in [0.3, 0.4) is 0 Å². The van der Waals surface area contributed by atoms with Crippen molar-refractivity contribution >= 4 is 5.91 Å². The summed E-state index contributed by atoms with van der Waals surface area (Å²) in [6.45, 7) is 0. The molecule has 2 aromatic heterocycles. The molecule has 0 aromatic carbocycles. The molecule has 0 saturated heterocycles. The van der Waals surface area contributed by atoms with Gasteiger partial charge in [-0.25, -0.2) is 9.97 Å². The molecule has 3 rings (SSSR count). The number of aryl methyl sites for hydroxylation is 1. The molecular weight excluding hydrogens is 274 g/mol. The summed E-state index contributed by atoms with van der Waals surface area (Å²) in [6.07, 6.45) is 6.12. The average molecular weight is 289 g/mol. The lowest BCUT2D eigenvalue weighted by Crippen LogP contribution is -2.40. The Hall–Kier alpha value is -2.64. The van der Waals surface area contributed by atoms with Gasteiger partial charge in [0.1, 0.15) is 0 Å². The van der Waals surface area contributed by atoms with Crippen LogP contribution in [0.5, 0.6) is 5.75 Å². The van der Waals surface area contributed by atoms with Crippen LogP contribution in [0.1, 0.15) is 29.8 Å². The minimum absolute atomic E-state index is 0.0922. The number of aromatic hydroxyl groups is 1. The van der Waals surface area contributed by atoms with Crippen LogP contribution in [-0.2, 0) is 7.05 Å². The summed E-state index contributed by atoms with van der Waals surface area (Å²) in [5.41, 5.74) is -1.04.